The van der Waals surface area contributed by atoms with Crippen LogP contribution in [0.5, 0.6) is 0 Å². The lowest BCUT2D eigenvalue weighted by atomic mass is 10.3. The van der Waals surface area contributed by atoms with E-state index in [1.54, 1.807) is 0 Å². The van der Waals surface area contributed by atoms with E-state index in [1.165, 1.54) is 12.8 Å². The Morgan fingerprint density at radius 2 is 2.14 bits per heavy atom. The second kappa shape index (κ2) is 5.35. The van der Waals surface area contributed by atoms with Gasteiger partial charge in [0.15, 0.2) is 0 Å². The van der Waals surface area contributed by atoms with Gasteiger partial charge in [0.1, 0.15) is 0 Å². The van der Waals surface area contributed by atoms with Crippen molar-refractivity contribution in [2.75, 3.05) is 20.1 Å². The Labute approximate surface area is 87.4 Å². The van der Waals surface area contributed by atoms with Gasteiger partial charge in [0.25, 0.3) is 0 Å². The van der Waals surface area contributed by atoms with Crippen LogP contribution in [0, 0.1) is 5.92 Å². The van der Waals surface area contributed by atoms with Crippen LogP contribution in [0.2, 0.25) is 0 Å². The zero-order chi connectivity index (χ0) is 10.6. The van der Waals surface area contributed by atoms with E-state index >= 15 is 0 Å². The summed E-state index contributed by atoms with van der Waals surface area (Å²) >= 11 is 0. The fourth-order valence-corrected chi connectivity index (χ4v) is 1.29. The lowest BCUT2D eigenvalue weighted by molar-refractivity contribution is 0.272. The quantitative estimate of drug-likeness (QED) is 0.398. The number of amidine groups is 1. The van der Waals surface area contributed by atoms with Crippen molar-refractivity contribution in [1.82, 2.24) is 4.90 Å². The highest BCUT2D eigenvalue weighted by atomic mass is 15.1. The first-order valence-corrected chi connectivity index (χ1v) is 5.61. The molecule has 0 saturated heterocycles. The molecule has 0 aliphatic heterocycles. The van der Waals surface area contributed by atoms with Gasteiger partial charge in [-0.15, -0.1) is 0 Å². The van der Waals surface area contributed by atoms with Crippen LogP contribution in [0.15, 0.2) is 4.99 Å². The van der Waals surface area contributed by atoms with Crippen LogP contribution in [0.25, 0.3) is 0 Å². The smallest absolute Gasteiger partial charge is 0.0968 e. The van der Waals surface area contributed by atoms with Crippen LogP contribution in [0.1, 0.15) is 33.1 Å². The maximum Gasteiger partial charge on any atom is 0.0968 e. The SMILES string of the molecule is CC(C)N(C)CCCN=C(N)C1CC1. The lowest BCUT2D eigenvalue weighted by Crippen LogP contribution is -2.27. The van der Waals surface area contributed by atoms with Gasteiger partial charge >= 0.3 is 0 Å². The molecule has 1 aliphatic carbocycles. The zero-order valence-corrected chi connectivity index (χ0v) is 9.66. The molecule has 0 aromatic heterocycles. The molecule has 82 valence electrons. The molecule has 3 nitrogen and oxygen atoms in total. The monoisotopic (exact) mass is 197 g/mol. The number of hydrogen-bond donors (Lipinski definition) is 1. The van der Waals surface area contributed by atoms with Crippen molar-refractivity contribution in [3.05, 3.63) is 0 Å². The summed E-state index contributed by atoms with van der Waals surface area (Å²) in [5.74, 6) is 1.51. The zero-order valence-electron chi connectivity index (χ0n) is 9.66. The van der Waals surface area contributed by atoms with E-state index in [-0.39, 0.29) is 0 Å². The minimum atomic E-state index is 0.623. The summed E-state index contributed by atoms with van der Waals surface area (Å²) in [7, 11) is 2.15. The third kappa shape index (κ3) is 4.09. The topological polar surface area (TPSA) is 41.6 Å². The van der Waals surface area contributed by atoms with Gasteiger partial charge in [0.05, 0.1) is 5.84 Å². The van der Waals surface area contributed by atoms with Gasteiger partial charge in [-0.2, -0.15) is 0 Å². The molecule has 0 spiro atoms. The summed E-state index contributed by atoms with van der Waals surface area (Å²) in [6.45, 7) is 6.42. The van der Waals surface area contributed by atoms with Crippen molar-refractivity contribution in [1.29, 1.82) is 0 Å². The van der Waals surface area contributed by atoms with Gasteiger partial charge in [-0.1, -0.05) is 0 Å². The molecule has 1 aliphatic rings. The Hall–Kier alpha value is -0.570. The van der Waals surface area contributed by atoms with Crippen LogP contribution in [0.4, 0.5) is 0 Å². The minimum absolute atomic E-state index is 0.623. The summed E-state index contributed by atoms with van der Waals surface area (Å²) in [4.78, 5) is 6.72. The number of hydrogen-bond acceptors (Lipinski definition) is 2. The van der Waals surface area contributed by atoms with Gasteiger partial charge in [-0.3, -0.25) is 4.99 Å². The van der Waals surface area contributed by atoms with Crippen molar-refractivity contribution in [3.63, 3.8) is 0 Å². The Kier molecular flexibility index (Phi) is 4.39. The number of rotatable bonds is 6. The largest absolute Gasteiger partial charge is 0.387 e. The van der Waals surface area contributed by atoms with E-state index in [1.807, 2.05) is 0 Å². The molecular weight excluding hydrogens is 174 g/mol. The summed E-state index contributed by atoms with van der Waals surface area (Å²) in [5, 5.41) is 0. The molecule has 0 aromatic carbocycles. The number of nitrogens with zero attached hydrogens (tertiary/aromatic N) is 2. The fraction of sp³-hybridized carbons (Fsp3) is 0.909. The third-order valence-electron chi connectivity index (χ3n) is 2.84. The average molecular weight is 197 g/mol. The average Bonchev–Trinajstić information content (AvgIpc) is 2.94. The number of nitrogens with two attached hydrogens (primary N) is 1. The molecule has 0 bridgehead atoms. The molecule has 14 heavy (non-hydrogen) atoms. The number of aliphatic imine (C=N–C) groups is 1. The molecule has 1 rings (SSSR count). The lowest BCUT2D eigenvalue weighted by Gasteiger charge is -2.20. The molecule has 0 heterocycles. The first-order chi connectivity index (χ1) is 6.61. The third-order valence-corrected chi connectivity index (χ3v) is 2.84. The molecule has 1 saturated carbocycles. The Balaban J connectivity index is 2.06. The van der Waals surface area contributed by atoms with Crippen molar-refractivity contribution < 1.29 is 0 Å². The predicted molar refractivity (Wildman–Crippen MR) is 61.6 cm³/mol. The summed E-state index contributed by atoms with van der Waals surface area (Å²) < 4.78 is 0. The molecule has 0 aromatic rings. The standard InChI is InChI=1S/C11H23N3/c1-9(2)14(3)8-4-7-13-11(12)10-5-6-10/h9-10H,4-8H2,1-3H3,(H2,12,13). The van der Waals surface area contributed by atoms with Gasteiger partial charge in [0.2, 0.25) is 0 Å². The first-order valence-electron chi connectivity index (χ1n) is 5.61. The van der Waals surface area contributed by atoms with Crippen LogP contribution in [-0.2, 0) is 0 Å². The molecule has 0 radical (unpaired) electrons. The molecule has 1 fully saturated rings. The van der Waals surface area contributed by atoms with Crippen molar-refractivity contribution >= 4 is 5.84 Å². The van der Waals surface area contributed by atoms with Crippen LogP contribution >= 0.6 is 0 Å². The molecule has 0 unspecified atom stereocenters. The van der Waals surface area contributed by atoms with Crippen molar-refractivity contribution in [3.8, 4) is 0 Å². The summed E-state index contributed by atoms with van der Waals surface area (Å²) in [6.07, 6.45) is 3.62. The van der Waals surface area contributed by atoms with Crippen LogP contribution < -0.4 is 5.73 Å². The predicted octanol–water partition coefficient (Wildman–Crippen LogP) is 1.48. The van der Waals surface area contributed by atoms with E-state index in [9.17, 15) is 0 Å². The fourth-order valence-electron chi connectivity index (χ4n) is 1.29. The first kappa shape index (κ1) is 11.5. The van der Waals surface area contributed by atoms with Crippen molar-refractivity contribution in [2.45, 2.75) is 39.2 Å². The van der Waals surface area contributed by atoms with Crippen LogP contribution in [0.3, 0.4) is 0 Å². The molecule has 0 atom stereocenters. The van der Waals surface area contributed by atoms with E-state index in [4.69, 9.17) is 5.73 Å². The molecule has 0 amide bonds. The second-order valence-electron chi connectivity index (χ2n) is 4.51. The van der Waals surface area contributed by atoms with E-state index in [0.29, 0.717) is 12.0 Å². The molecular formula is C11H23N3. The van der Waals surface area contributed by atoms with Crippen molar-refractivity contribution in [2.24, 2.45) is 16.6 Å². The van der Waals surface area contributed by atoms with E-state index in [2.05, 4.69) is 30.8 Å². The minimum Gasteiger partial charge on any atom is -0.387 e. The summed E-state index contributed by atoms with van der Waals surface area (Å²) in [6, 6.07) is 0.625. The maximum absolute atomic E-state index is 5.79. The summed E-state index contributed by atoms with van der Waals surface area (Å²) in [5.41, 5.74) is 5.79. The van der Waals surface area contributed by atoms with Gasteiger partial charge < -0.3 is 10.6 Å². The molecule has 2 N–H and O–H groups in total. The van der Waals surface area contributed by atoms with E-state index in [0.717, 1.165) is 25.3 Å². The Bertz CT molecular complexity index is 195. The van der Waals surface area contributed by atoms with Gasteiger partial charge in [0, 0.05) is 18.5 Å². The van der Waals surface area contributed by atoms with E-state index < -0.39 is 0 Å². The molecule has 3 heteroatoms. The second-order valence-corrected chi connectivity index (χ2v) is 4.51. The maximum atomic E-state index is 5.79. The van der Waals surface area contributed by atoms with Gasteiger partial charge in [-0.05, 0) is 46.7 Å². The van der Waals surface area contributed by atoms with Crippen LogP contribution in [-0.4, -0.2) is 36.9 Å². The Morgan fingerprint density at radius 1 is 1.50 bits per heavy atom. The highest BCUT2D eigenvalue weighted by molar-refractivity contribution is 5.84. The Morgan fingerprint density at radius 3 is 2.64 bits per heavy atom. The van der Waals surface area contributed by atoms with Gasteiger partial charge in [-0.25, -0.2) is 0 Å². The normalized spacial score (nSPS) is 18.2. The highest BCUT2D eigenvalue weighted by Gasteiger charge is 2.24. The highest BCUT2D eigenvalue weighted by Crippen LogP contribution is 2.28.